The predicted molar refractivity (Wildman–Crippen MR) is 81.7 cm³/mol. The molecule has 0 N–H and O–H groups in total. The summed E-state index contributed by atoms with van der Waals surface area (Å²) in [6.07, 6.45) is 1.55. The Bertz CT molecular complexity index is 588. The minimum Gasteiger partial charge on any atom is -0.332 e. The molecule has 19 heavy (non-hydrogen) atoms. The molecular weight excluding hydrogens is 348 g/mol. The van der Waals surface area contributed by atoms with Crippen molar-refractivity contribution in [3.05, 3.63) is 49.8 Å². The van der Waals surface area contributed by atoms with Crippen LogP contribution < -0.4 is 0 Å². The molecule has 0 spiro atoms. The van der Waals surface area contributed by atoms with E-state index in [1.165, 1.54) is 0 Å². The third kappa shape index (κ3) is 3.78. The second-order valence-corrected chi connectivity index (χ2v) is 6.87. The zero-order valence-electron chi connectivity index (χ0n) is 10.3. The summed E-state index contributed by atoms with van der Waals surface area (Å²) in [6, 6.07) is 7.24. The van der Waals surface area contributed by atoms with Gasteiger partial charge in [-0.05, 0) is 47.1 Å². The van der Waals surface area contributed by atoms with Gasteiger partial charge in [0.15, 0.2) is 0 Å². The molecule has 0 bridgehead atoms. The Kier molecular flexibility index (Phi) is 4.96. The Morgan fingerprint density at radius 2 is 2.26 bits per heavy atom. The molecule has 2 aromatic heterocycles. The van der Waals surface area contributed by atoms with Gasteiger partial charge in [-0.1, -0.05) is 11.6 Å². The van der Waals surface area contributed by atoms with Crippen LogP contribution in [0.2, 0.25) is 5.02 Å². The van der Waals surface area contributed by atoms with Crippen molar-refractivity contribution in [2.24, 2.45) is 0 Å². The van der Waals surface area contributed by atoms with E-state index >= 15 is 0 Å². The summed E-state index contributed by atoms with van der Waals surface area (Å²) in [5.74, 6) is -0.102. The van der Waals surface area contributed by atoms with Crippen LogP contribution in [0.5, 0.6) is 0 Å². The van der Waals surface area contributed by atoms with Crippen LogP contribution in [-0.4, -0.2) is 22.3 Å². The predicted octanol–water partition coefficient (Wildman–Crippen LogP) is 4.22. The standard InChI is InChI=1S/C13H12BrClN2OS/c1-2-17(8-10-3-4-12(14)19-10)13(18)11-7-9(15)5-6-16-11/h3-7H,2,8H2,1H3. The Hall–Kier alpha value is -0.910. The number of hydrogen-bond acceptors (Lipinski definition) is 3. The summed E-state index contributed by atoms with van der Waals surface area (Å²) in [6.45, 7) is 3.16. The van der Waals surface area contributed by atoms with Gasteiger partial charge in [0.25, 0.3) is 5.91 Å². The maximum Gasteiger partial charge on any atom is 0.272 e. The van der Waals surface area contributed by atoms with Crippen molar-refractivity contribution in [2.75, 3.05) is 6.54 Å². The SMILES string of the molecule is CCN(Cc1ccc(Br)s1)C(=O)c1cc(Cl)ccn1. The number of thiophene rings is 1. The molecule has 1 amide bonds. The normalized spacial score (nSPS) is 10.5. The number of rotatable bonds is 4. The van der Waals surface area contributed by atoms with E-state index in [0.29, 0.717) is 23.8 Å². The van der Waals surface area contributed by atoms with E-state index in [1.54, 1.807) is 34.6 Å². The number of amides is 1. The van der Waals surface area contributed by atoms with E-state index in [1.807, 2.05) is 19.1 Å². The molecule has 0 saturated carbocycles. The molecule has 2 heterocycles. The van der Waals surface area contributed by atoms with Gasteiger partial charge in [-0.25, -0.2) is 0 Å². The third-order valence-corrected chi connectivity index (χ3v) is 4.43. The monoisotopic (exact) mass is 358 g/mol. The zero-order valence-corrected chi connectivity index (χ0v) is 13.4. The van der Waals surface area contributed by atoms with Crippen molar-refractivity contribution in [3.63, 3.8) is 0 Å². The van der Waals surface area contributed by atoms with E-state index in [2.05, 4.69) is 20.9 Å². The van der Waals surface area contributed by atoms with Gasteiger partial charge in [0.2, 0.25) is 0 Å². The van der Waals surface area contributed by atoms with E-state index < -0.39 is 0 Å². The number of carbonyl (C=O) groups is 1. The van der Waals surface area contributed by atoms with Gasteiger partial charge in [0.1, 0.15) is 5.69 Å². The summed E-state index contributed by atoms with van der Waals surface area (Å²) < 4.78 is 1.06. The quantitative estimate of drug-likeness (QED) is 0.819. The Morgan fingerprint density at radius 1 is 1.47 bits per heavy atom. The van der Waals surface area contributed by atoms with Crippen molar-refractivity contribution in [1.82, 2.24) is 9.88 Å². The highest BCUT2D eigenvalue weighted by Gasteiger charge is 2.16. The minimum absolute atomic E-state index is 0.102. The first-order valence-corrected chi connectivity index (χ1v) is 7.74. The molecule has 2 rings (SSSR count). The van der Waals surface area contributed by atoms with Crippen molar-refractivity contribution < 1.29 is 4.79 Å². The molecule has 0 radical (unpaired) electrons. The lowest BCUT2D eigenvalue weighted by molar-refractivity contribution is 0.0748. The first-order valence-electron chi connectivity index (χ1n) is 5.75. The van der Waals surface area contributed by atoms with Gasteiger partial charge >= 0.3 is 0 Å². The van der Waals surface area contributed by atoms with E-state index in [4.69, 9.17) is 11.6 Å². The number of hydrogen-bond donors (Lipinski definition) is 0. The number of pyridine rings is 1. The van der Waals surface area contributed by atoms with Crippen LogP contribution in [-0.2, 0) is 6.54 Å². The van der Waals surface area contributed by atoms with Crippen LogP contribution in [0.4, 0.5) is 0 Å². The Morgan fingerprint density at radius 3 is 2.84 bits per heavy atom. The molecule has 2 aromatic rings. The number of carbonyl (C=O) groups excluding carboxylic acids is 1. The fourth-order valence-corrected chi connectivity index (χ4v) is 3.29. The van der Waals surface area contributed by atoms with Gasteiger partial charge in [-0.2, -0.15) is 0 Å². The van der Waals surface area contributed by atoms with Gasteiger partial charge in [0.05, 0.1) is 10.3 Å². The van der Waals surface area contributed by atoms with Crippen molar-refractivity contribution >= 4 is 44.8 Å². The largest absolute Gasteiger partial charge is 0.332 e. The lowest BCUT2D eigenvalue weighted by Gasteiger charge is -2.19. The molecule has 0 aliphatic carbocycles. The second-order valence-electron chi connectivity index (χ2n) is 3.88. The molecule has 0 aromatic carbocycles. The van der Waals surface area contributed by atoms with Crippen LogP contribution in [0.3, 0.4) is 0 Å². The summed E-state index contributed by atoms with van der Waals surface area (Å²) in [5, 5.41) is 0.522. The summed E-state index contributed by atoms with van der Waals surface area (Å²) >= 11 is 10.9. The molecule has 3 nitrogen and oxygen atoms in total. The fraction of sp³-hybridized carbons (Fsp3) is 0.231. The smallest absolute Gasteiger partial charge is 0.272 e. The van der Waals surface area contributed by atoms with Gasteiger partial charge in [-0.15, -0.1) is 11.3 Å². The van der Waals surface area contributed by atoms with E-state index in [-0.39, 0.29) is 5.91 Å². The second kappa shape index (κ2) is 6.50. The molecular formula is C13H12BrClN2OS. The minimum atomic E-state index is -0.102. The van der Waals surface area contributed by atoms with Crippen LogP contribution in [0.25, 0.3) is 0 Å². The average molecular weight is 360 g/mol. The molecule has 0 aliphatic heterocycles. The molecule has 0 unspecified atom stereocenters. The topological polar surface area (TPSA) is 33.2 Å². The summed E-state index contributed by atoms with van der Waals surface area (Å²) in [4.78, 5) is 19.3. The van der Waals surface area contributed by atoms with Crippen LogP contribution >= 0.6 is 38.9 Å². The van der Waals surface area contributed by atoms with Crippen molar-refractivity contribution in [2.45, 2.75) is 13.5 Å². The maximum absolute atomic E-state index is 12.3. The highest BCUT2D eigenvalue weighted by Crippen LogP contribution is 2.23. The van der Waals surface area contributed by atoms with Crippen LogP contribution in [0.15, 0.2) is 34.2 Å². The molecule has 100 valence electrons. The number of nitrogens with zero attached hydrogens (tertiary/aromatic N) is 2. The molecule has 0 atom stereocenters. The Balaban J connectivity index is 2.15. The number of aromatic nitrogens is 1. The van der Waals surface area contributed by atoms with Gasteiger partial charge < -0.3 is 4.90 Å². The molecule has 6 heteroatoms. The number of halogens is 2. The average Bonchev–Trinajstić information content (AvgIpc) is 2.81. The molecule has 0 saturated heterocycles. The highest BCUT2D eigenvalue weighted by molar-refractivity contribution is 9.11. The van der Waals surface area contributed by atoms with Crippen molar-refractivity contribution in [1.29, 1.82) is 0 Å². The first-order chi connectivity index (χ1) is 9.10. The summed E-state index contributed by atoms with van der Waals surface area (Å²) in [7, 11) is 0. The van der Waals surface area contributed by atoms with Crippen LogP contribution in [0.1, 0.15) is 22.3 Å². The fourth-order valence-electron chi connectivity index (χ4n) is 1.64. The summed E-state index contributed by atoms with van der Waals surface area (Å²) in [5.41, 5.74) is 0.380. The molecule has 0 fully saturated rings. The Labute approximate surface area is 129 Å². The van der Waals surface area contributed by atoms with Crippen molar-refractivity contribution in [3.8, 4) is 0 Å². The molecule has 0 aliphatic rings. The maximum atomic E-state index is 12.3. The third-order valence-electron chi connectivity index (χ3n) is 2.59. The van der Waals surface area contributed by atoms with Gasteiger partial charge in [-0.3, -0.25) is 9.78 Å². The first kappa shape index (κ1) is 14.5. The van der Waals surface area contributed by atoms with E-state index in [0.717, 1.165) is 8.66 Å². The lowest BCUT2D eigenvalue weighted by Crippen LogP contribution is -2.30. The highest BCUT2D eigenvalue weighted by atomic mass is 79.9. The zero-order chi connectivity index (χ0) is 13.8. The van der Waals surface area contributed by atoms with Gasteiger partial charge in [0, 0.05) is 22.6 Å². The lowest BCUT2D eigenvalue weighted by atomic mass is 10.3. The van der Waals surface area contributed by atoms with E-state index in [9.17, 15) is 4.79 Å². The van der Waals surface area contributed by atoms with Crippen LogP contribution in [0, 0.1) is 0 Å².